The van der Waals surface area contributed by atoms with E-state index in [0.717, 1.165) is 17.0 Å². The van der Waals surface area contributed by atoms with Gasteiger partial charge < -0.3 is 10.1 Å². The highest BCUT2D eigenvalue weighted by Crippen LogP contribution is 2.19. The van der Waals surface area contributed by atoms with Crippen LogP contribution in [0.3, 0.4) is 0 Å². The SMILES string of the molecule is Cc1ccc(OCn2cc(NC(=O)CCn3nccc3C)cn2)c(C)c1. The van der Waals surface area contributed by atoms with Crippen LogP contribution in [0, 0.1) is 20.8 Å². The first kappa shape index (κ1) is 17.7. The maximum absolute atomic E-state index is 12.1. The minimum absolute atomic E-state index is 0.0743. The topological polar surface area (TPSA) is 74.0 Å². The lowest BCUT2D eigenvalue weighted by atomic mass is 10.1. The molecular weight excluding hydrogens is 330 g/mol. The number of aryl methyl sites for hydroxylation is 4. The second-order valence-electron chi connectivity index (χ2n) is 6.30. The van der Waals surface area contributed by atoms with Gasteiger partial charge in [-0.25, -0.2) is 4.68 Å². The molecule has 1 amide bonds. The molecule has 0 atom stereocenters. The van der Waals surface area contributed by atoms with E-state index in [1.807, 2.05) is 39.0 Å². The third-order valence-corrected chi connectivity index (χ3v) is 4.08. The van der Waals surface area contributed by atoms with E-state index in [1.54, 1.807) is 28.0 Å². The van der Waals surface area contributed by atoms with Crippen LogP contribution in [-0.4, -0.2) is 25.5 Å². The summed E-state index contributed by atoms with van der Waals surface area (Å²) in [5.74, 6) is 0.751. The molecule has 0 aliphatic carbocycles. The van der Waals surface area contributed by atoms with Crippen molar-refractivity contribution in [1.29, 1.82) is 0 Å². The molecule has 2 heterocycles. The number of aromatic nitrogens is 4. The number of nitrogens with one attached hydrogen (secondary N) is 1. The Labute approximate surface area is 152 Å². The minimum atomic E-state index is -0.0743. The Hall–Kier alpha value is -3.09. The maximum Gasteiger partial charge on any atom is 0.226 e. The number of hydrogen-bond donors (Lipinski definition) is 1. The van der Waals surface area contributed by atoms with Crippen molar-refractivity contribution >= 4 is 11.6 Å². The van der Waals surface area contributed by atoms with Gasteiger partial charge in [0.2, 0.25) is 5.91 Å². The van der Waals surface area contributed by atoms with E-state index >= 15 is 0 Å². The first-order valence-electron chi connectivity index (χ1n) is 8.52. The fraction of sp³-hybridized carbons (Fsp3) is 0.316. The van der Waals surface area contributed by atoms with E-state index in [-0.39, 0.29) is 12.6 Å². The number of anilines is 1. The van der Waals surface area contributed by atoms with Gasteiger partial charge in [0, 0.05) is 24.9 Å². The normalized spacial score (nSPS) is 10.7. The van der Waals surface area contributed by atoms with Crippen molar-refractivity contribution in [2.75, 3.05) is 5.32 Å². The molecule has 0 saturated heterocycles. The lowest BCUT2D eigenvalue weighted by Gasteiger charge is -2.09. The van der Waals surface area contributed by atoms with Crippen LogP contribution in [-0.2, 0) is 18.1 Å². The average molecular weight is 353 g/mol. The molecule has 0 aliphatic rings. The number of rotatable bonds is 7. The van der Waals surface area contributed by atoms with Crippen LogP contribution in [0.25, 0.3) is 0 Å². The molecule has 0 unspecified atom stereocenters. The summed E-state index contributed by atoms with van der Waals surface area (Å²) in [7, 11) is 0. The third kappa shape index (κ3) is 4.50. The maximum atomic E-state index is 12.1. The lowest BCUT2D eigenvalue weighted by molar-refractivity contribution is -0.116. The quantitative estimate of drug-likeness (QED) is 0.708. The zero-order valence-corrected chi connectivity index (χ0v) is 15.3. The molecule has 2 aromatic heterocycles. The molecule has 0 aliphatic heterocycles. The van der Waals surface area contributed by atoms with E-state index in [1.165, 1.54) is 5.56 Å². The van der Waals surface area contributed by atoms with Crippen molar-refractivity contribution in [2.24, 2.45) is 0 Å². The van der Waals surface area contributed by atoms with Gasteiger partial charge in [0.15, 0.2) is 6.73 Å². The van der Waals surface area contributed by atoms with E-state index in [2.05, 4.69) is 21.6 Å². The van der Waals surface area contributed by atoms with Crippen LogP contribution < -0.4 is 10.1 Å². The largest absolute Gasteiger partial charge is 0.471 e. The summed E-state index contributed by atoms with van der Waals surface area (Å²) in [6, 6.07) is 7.95. The van der Waals surface area contributed by atoms with Crippen molar-refractivity contribution in [2.45, 2.75) is 40.5 Å². The van der Waals surface area contributed by atoms with Gasteiger partial charge in [-0.2, -0.15) is 10.2 Å². The van der Waals surface area contributed by atoms with Crippen molar-refractivity contribution in [1.82, 2.24) is 19.6 Å². The van der Waals surface area contributed by atoms with Crippen LogP contribution >= 0.6 is 0 Å². The fourth-order valence-corrected chi connectivity index (χ4v) is 2.66. The van der Waals surface area contributed by atoms with Crippen LogP contribution in [0.4, 0.5) is 5.69 Å². The second kappa shape index (κ2) is 7.86. The van der Waals surface area contributed by atoms with Gasteiger partial charge in [0.25, 0.3) is 0 Å². The number of hydrogen-bond acceptors (Lipinski definition) is 4. The zero-order chi connectivity index (χ0) is 18.5. The number of carbonyl (C=O) groups excluding carboxylic acids is 1. The van der Waals surface area contributed by atoms with Crippen molar-refractivity contribution < 1.29 is 9.53 Å². The highest BCUT2D eigenvalue weighted by atomic mass is 16.5. The number of amides is 1. The molecule has 3 aromatic rings. The first-order chi connectivity index (χ1) is 12.5. The van der Waals surface area contributed by atoms with E-state index in [4.69, 9.17) is 4.74 Å². The number of ether oxygens (including phenoxy) is 1. The molecule has 26 heavy (non-hydrogen) atoms. The van der Waals surface area contributed by atoms with Gasteiger partial charge >= 0.3 is 0 Å². The summed E-state index contributed by atoms with van der Waals surface area (Å²) in [6.45, 7) is 6.86. The molecule has 1 N–H and O–H groups in total. The van der Waals surface area contributed by atoms with Gasteiger partial charge in [0.1, 0.15) is 5.75 Å². The standard InChI is InChI=1S/C19H23N5O2/c1-14-4-5-18(15(2)10-14)26-13-23-12-17(11-21-23)22-19(25)7-9-24-16(3)6-8-20-24/h4-6,8,10-12H,7,9,13H2,1-3H3,(H,22,25). The highest BCUT2D eigenvalue weighted by Gasteiger charge is 2.07. The Morgan fingerprint density at radius 2 is 2.04 bits per heavy atom. The second-order valence-corrected chi connectivity index (χ2v) is 6.30. The Morgan fingerprint density at radius 1 is 1.19 bits per heavy atom. The van der Waals surface area contributed by atoms with Gasteiger partial charge in [0.05, 0.1) is 18.1 Å². The van der Waals surface area contributed by atoms with Gasteiger partial charge in [-0.05, 0) is 38.5 Å². The van der Waals surface area contributed by atoms with Gasteiger partial charge in [-0.15, -0.1) is 0 Å². The van der Waals surface area contributed by atoms with Crippen LogP contribution in [0.15, 0.2) is 42.9 Å². The predicted octanol–water partition coefficient (Wildman–Crippen LogP) is 3.07. The Balaban J connectivity index is 1.49. The molecular formula is C19H23N5O2. The summed E-state index contributed by atoms with van der Waals surface area (Å²) in [5, 5.41) is 11.2. The average Bonchev–Trinajstić information content (AvgIpc) is 3.21. The molecule has 0 fully saturated rings. The Kier molecular flexibility index (Phi) is 5.36. The van der Waals surface area contributed by atoms with E-state index < -0.39 is 0 Å². The minimum Gasteiger partial charge on any atom is -0.471 e. The molecule has 0 bridgehead atoms. The van der Waals surface area contributed by atoms with E-state index in [9.17, 15) is 4.79 Å². The Bertz CT molecular complexity index is 897. The fourth-order valence-electron chi connectivity index (χ4n) is 2.66. The first-order valence-corrected chi connectivity index (χ1v) is 8.52. The van der Waals surface area contributed by atoms with Gasteiger partial charge in [-0.3, -0.25) is 9.48 Å². The molecule has 7 heteroatoms. The molecule has 7 nitrogen and oxygen atoms in total. The zero-order valence-electron chi connectivity index (χ0n) is 15.3. The summed E-state index contributed by atoms with van der Waals surface area (Å²) in [5.41, 5.74) is 3.97. The molecule has 136 valence electrons. The number of nitrogens with zero attached hydrogens (tertiary/aromatic N) is 4. The summed E-state index contributed by atoms with van der Waals surface area (Å²) in [6.07, 6.45) is 5.45. The van der Waals surface area contributed by atoms with Crippen molar-refractivity contribution in [3.63, 3.8) is 0 Å². The van der Waals surface area contributed by atoms with Crippen LogP contribution in [0.5, 0.6) is 5.75 Å². The molecule has 0 saturated carbocycles. The summed E-state index contributed by atoms with van der Waals surface area (Å²) < 4.78 is 9.23. The lowest BCUT2D eigenvalue weighted by Crippen LogP contribution is -2.15. The molecule has 3 rings (SSSR count). The van der Waals surface area contributed by atoms with Crippen molar-refractivity contribution in [3.8, 4) is 5.75 Å². The smallest absolute Gasteiger partial charge is 0.226 e. The van der Waals surface area contributed by atoms with Crippen LogP contribution in [0.1, 0.15) is 23.2 Å². The number of carbonyl (C=O) groups is 1. The van der Waals surface area contributed by atoms with Crippen LogP contribution in [0.2, 0.25) is 0 Å². The Morgan fingerprint density at radius 3 is 2.77 bits per heavy atom. The van der Waals surface area contributed by atoms with E-state index in [0.29, 0.717) is 18.7 Å². The summed E-state index contributed by atoms with van der Waals surface area (Å²) >= 11 is 0. The molecule has 0 radical (unpaired) electrons. The highest BCUT2D eigenvalue weighted by molar-refractivity contribution is 5.90. The monoisotopic (exact) mass is 353 g/mol. The predicted molar refractivity (Wildman–Crippen MR) is 99.0 cm³/mol. The third-order valence-electron chi connectivity index (χ3n) is 4.08. The van der Waals surface area contributed by atoms with Crippen molar-refractivity contribution in [3.05, 3.63) is 59.7 Å². The number of benzene rings is 1. The van der Waals surface area contributed by atoms with Gasteiger partial charge in [-0.1, -0.05) is 17.7 Å². The molecule has 1 aromatic carbocycles. The molecule has 0 spiro atoms. The summed E-state index contributed by atoms with van der Waals surface area (Å²) in [4.78, 5) is 12.1.